The Balaban J connectivity index is 2.09. The van der Waals surface area contributed by atoms with Gasteiger partial charge in [-0.1, -0.05) is 71.6 Å². The molecular formula is C17H34O. The number of hydrogen-bond acceptors (Lipinski definition) is 1. The highest BCUT2D eigenvalue weighted by Crippen LogP contribution is 2.34. The predicted molar refractivity (Wildman–Crippen MR) is 79.7 cm³/mol. The van der Waals surface area contributed by atoms with Crippen LogP contribution in [0.15, 0.2) is 0 Å². The summed E-state index contributed by atoms with van der Waals surface area (Å²) in [6, 6.07) is 0. The summed E-state index contributed by atoms with van der Waals surface area (Å²) in [6.07, 6.45) is 15.7. The number of aliphatic hydroxyl groups is 1. The van der Waals surface area contributed by atoms with Crippen LogP contribution < -0.4 is 0 Å². The first-order valence-corrected chi connectivity index (χ1v) is 8.46. The van der Waals surface area contributed by atoms with E-state index in [1.54, 1.807) is 0 Å². The molecule has 0 heterocycles. The van der Waals surface area contributed by atoms with Gasteiger partial charge in [-0.25, -0.2) is 0 Å². The van der Waals surface area contributed by atoms with Gasteiger partial charge >= 0.3 is 0 Å². The van der Waals surface area contributed by atoms with Crippen molar-refractivity contribution < 1.29 is 5.11 Å². The van der Waals surface area contributed by atoms with Crippen LogP contribution >= 0.6 is 0 Å². The highest BCUT2D eigenvalue weighted by atomic mass is 16.3. The van der Waals surface area contributed by atoms with Crippen LogP contribution in [-0.4, -0.2) is 11.2 Å². The molecule has 1 fully saturated rings. The smallest absolute Gasteiger partial charge is 0.0568 e. The lowest BCUT2D eigenvalue weighted by atomic mass is 9.77. The second-order valence-electron chi connectivity index (χ2n) is 6.34. The average Bonchev–Trinajstić information content (AvgIpc) is 2.41. The van der Waals surface area contributed by atoms with E-state index in [2.05, 4.69) is 13.8 Å². The fourth-order valence-electron chi connectivity index (χ4n) is 3.37. The molecule has 0 radical (unpaired) electrons. The molecule has 1 N–H and O–H groups in total. The SMILES string of the molecule is CCCCCCC(O)C1CCC(CCCC)CC1. The molecule has 18 heavy (non-hydrogen) atoms. The number of unbranched alkanes of at least 4 members (excludes halogenated alkanes) is 4. The van der Waals surface area contributed by atoms with Crippen molar-refractivity contribution >= 4 is 0 Å². The highest BCUT2D eigenvalue weighted by Gasteiger charge is 2.25. The lowest BCUT2D eigenvalue weighted by Gasteiger charge is -2.31. The third-order valence-electron chi connectivity index (χ3n) is 4.75. The van der Waals surface area contributed by atoms with E-state index in [1.165, 1.54) is 70.6 Å². The lowest BCUT2D eigenvalue weighted by molar-refractivity contribution is 0.0634. The average molecular weight is 254 g/mol. The summed E-state index contributed by atoms with van der Waals surface area (Å²) >= 11 is 0. The van der Waals surface area contributed by atoms with E-state index in [1.807, 2.05) is 0 Å². The van der Waals surface area contributed by atoms with E-state index in [0.717, 1.165) is 12.3 Å². The van der Waals surface area contributed by atoms with E-state index < -0.39 is 0 Å². The Labute approximate surface area is 114 Å². The van der Waals surface area contributed by atoms with Crippen molar-refractivity contribution in [2.75, 3.05) is 0 Å². The molecule has 1 unspecified atom stereocenters. The maximum Gasteiger partial charge on any atom is 0.0568 e. The van der Waals surface area contributed by atoms with Gasteiger partial charge in [0.15, 0.2) is 0 Å². The van der Waals surface area contributed by atoms with Crippen molar-refractivity contribution in [3.63, 3.8) is 0 Å². The van der Waals surface area contributed by atoms with Gasteiger partial charge in [-0.2, -0.15) is 0 Å². The Kier molecular flexibility index (Phi) is 8.75. The van der Waals surface area contributed by atoms with Gasteiger partial charge in [-0.15, -0.1) is 0 Å². The van der Waals surface area contributed by atoms with Gasteiger partial charge < -0.3 is 5.11 Å². The second-order valence-corrected chi connectivity index (χ2v) is 6.34. The first kappa shape index (κ1) is 16.0. The fraction of sp³-hybridized carbons (Fsp3) is 1.00. The topological polar surface area (TPSA) is 20.2 Å². The molecule has 1 nitrogen and oxygen atoms in total. The van der Waals surface area contributed by atoms with Crippen LogP contribution in [0.5, 0.6) is 0 Å². The highest BCUT2D eigenvalue weighted by molar-refractivity contribution is 4.77. The van der Waals surface area contributed by atoms with Gasteiger partial charge in [0.05, 0.1) is 6.10 Å². The molecule has 0 aliphatic heterocycles. The predicted octanol–water partition coefficient (Wildman–Crippen LogP) is 5.31. The lowest BCUT2D eigenvalue weighted by Crippen LogP contribution is -2.25. The van der Waals surface area contributed by atoms with Crippen LogP contribution in [0.3, 0.4) is 0 Å². The molecule has 0 aromatic heterocycles. The maximum atomic E-state index is 10.2. The molecule has 1 aliphatic carbocycles. The van der Waals surface area contributed by atoms with Crippen LogP contribution in [-0.2, 0) is 0 Å². The zero-order valence-corrected chi connectivity index (χ0v) is 12.7. The van der Waals surface area contributed by atoms with Crippen molar-refractivity contribution in [2.24, 2.45) is 11.8 Å². The molecule has 0 aromatic carbocycles. The molecule has 0 bridgehead atoms. The Morgan fingerprint density at radius 3 is 2.17 bits per heavy atom. The Bertz CT molecular complexity index is 182. The molecule has 0 amide bonds. The van der Waals surface area contributed by atoms with Crippen molar-refractivity contribution in [1.29, 1.82) is 0 Å². The molecule has 0 aromatic rings. The first-order chi connectivity index (χ1) is 8.77. The van der Waals surface area contributed by atoms with Crippen LogP contribution in [0.25, 0.3) is 0 Å². The van der Waals surface area contributed by atoms with Gasteiger partial charge in [0.2, 0.25) is 0 Å². The van der Waals surface area contributed by atoms with Gasteiger partial charge in [0.1, 0.15) is 0 Å². The van der Waals surface area contributed by atoms with E-state index in [0.29, 0.717) is 5.92 Å². The summed E-state index contributed by atoms with van der Waals surface area (Å²) in [6.45, 7) is 4.53. The van der Waals surface area contributed by atoms with Crippen LogP contribution in [0.4, 0.5) is 0 Å². The van der Waals surface area contributed by atoms with Gasteiger partial charge in [0.25, 0.3) is 0 Å². The Morgan fingerprint density at radius 2 is 1.56 bits per heavy atom. The first-order valence-electron chi connectivity index (χ1n) is 8.46. The van der Waals surface area contributed by atoms with Crippen LogP contribution in [0.2, 0.25) is 0 Å². The standard InChI is InChI=1S/C17H34O/c1-3-5-7-8-10-17(18)16-13-11-15(12-14-16)9-6-4-2/h15-18H,3-14H2,1-2H3. The number of aliphatic hydroxyl groups excluding tert-OH is 1. The minimum Gasteiger partial charge on any atom is -0.393 e. The summed E-state index contributed by atoms with van der Waals surface area (Å²) in [5.41, 5.74) is 0. The molecule has 1 aliphatic rings. The molecule has 0 saturated heterocycles. The molecule has 1 rings (SSSR count). The van der Waals surface area contributed by atoms with Gasteiger partial charge in [0, 0.05) is 0 Å². The summed E-state index contributed by atoms with van der Waals surface area (Å²) in [7, 11) is 0. The van der Waals surface area contributed by atoms with Crippen LogP contribution in [0.1, 0.15) is 90.9 Å². The molecule has 0 spiro atoms. The van der Waals surface area contributed by atoms with Gasteiger partial charge in [-0.3, -0.25) is 0 Å². The maximum absolute atomic E-state index is 10.2. The third-order valence-corrected chi connectivity index (χ3v) is 4.75. The third kappa shape index (κ3) is 6.22. The monoisotopic (exact) mass is 254 g/mol. The minimum absolute atomic E-state index is 0.00557. The zero-order chi connectivity index (χ0) is 13.2. The summed E-state index contributed by atoms with van der Waals surface area (Å²) in [4.78, 5) is 0. The van der Waals surface area contributed by atoms with Crippen LogP contribution in [0, 0.1) is 11.8 Å². The van der Waals surface area contributed by atoms with Gasteiger partial charge in [-0.05, 0) is 31.1 Å². The summed E-state index contributed by atoms with van der Waals surface area (Å²) in [5, 5.41) is 10.2. The second kappa shape index (κ2) is 9.83. The normalized spacial score (nSPS) is 26.2. The van der Waals surface area contributed by atoms with E-state index in [4.69, 9.17) is 0 Å². The molecule has 1 atom stereocenters. The molecule has 1 saturated carbocycles. The number of rotatable bonds is 9. The zero-order valence-electron chi connectivity index (χ0n) is 12.7. The summed E-state index contributed by atoms with van der Waals surface area (Å²) < 4.78 is 0. The Hall–Kier alpha value is -0.0400. The molecular weight excluding hydrogens is 220 g/mol. The van der Waals surface area contributed by atoms with Crippen molar-refractivity contribution in [1.82, 2.24) is 0 Å². The largest absolute Gasteiger partial charge is 0.393 e. The molecule has 1 heteroatoms. The van der Waals surface area contributed by atoms with Crippen molar-refractivity contribution in [3.8, 4) is 0 Å². The van der Waals surface area contributed by atoms with E-state index >= 15 is 0 Å². The summed E-state index contributed by atoms with van der Waals surface area (Å²) in [5.74, 6) is 1.58. The number of hydrogen-bond donors (Lipinski definition) is 1. The quantitative estimate of drug-likeness (QED) is 0.552. The fourth-order valence-corrected chi connectivity index (χ4v) is 3.37. The van der Waals surface area contributed by atoms with E-state index in [-0.39, 0.29) is 6.10 Å². The van der Waals surface area contributed by atoms with Crippen molar-refractivity contribution in [3.05, 3.63) is 0 Å². The Morgan fingerprint density at radius 1 is 0.889 bits per heavy atom. The minimum atomic E-state index is -0.00557. The van der Waals surface area contributed by atoms with E-state index in [9.17, 15) is 5.11 Å². The van der Waals surface area contributed by atoms with Crippen molar-refractivity contribution in [2.45, 2.75) is 97.0 Å². The molecule has 108 valence electrons.